The van der Waals surface area contributed by atoms with Gasteiger partial charge in [-0.3, -0.25) is 20.4 Å². The molecule has 0 fully saturated rings. The molecule has 0 bridgehead atoms. The van der Waals surface area contributed by atoms with E-state index in [9.17, 15) is 9.59 Å². The predicted molar refractivity (Wildman–Crippen MR) is 128 cm³/mol. The number of nitrogens with zero attached hydrogens (tertiary/aromatic N) is 4. The number of thioether (sulfide) groups is 1. The van der Waals surface area contributed by atoms with Crippen LogP contribution in [0.3, 0.4) is 0 Å². The Labute approximate surface area is 200 Å². The molecule has 2 amide bonds. The Balaban J connectivity index is 1.39. The fraction of sp³-hybridized carbons (Fsp3) is 0.125. The molecule has 0 aliphatic heterocycles. The van der Waals surface area contributed by atoms with Crippen molar-refractivity contribution in [1.82, 2.24) is 31.1 Å². The maximum atomic E-state index is 12.8. The molecule has 34 heavy (non-hydrogen) atoms. The Bertz CT molecular complexity index is 1260. The van der Waals surface area contributed by atoms with Crippen molar-refractivity contribution in [3.05, 3.63) is 95.8 Å². The van der Waals surface area contributed by atoms with Crippen molar-refractivity contribution < 1.29 is 14.3 Å². The largest absolute Gasteiger partial charge is 0.494 e. The molecule has 9 nitrogen and oxygen atoms in total. The Morgan fingerprint density at radius 3 is 2.38 bits per heavy atom. The van der Waals surface area contributed by atoms with Crippen molar-refractivity contribution in [2.24, 2.45) is 0 Å². The highest BCUT2D eigenvalue weighted by Crippen LogP contribution is 2.26. The average molecular weight is 475 g/mol. The van der Waals surface area contributed by atoms with Crippen LogP contribution in [-0.2, 0) is 5.75 Å². The molecule has 3 aromatic carbocycles. The summed E-state index contributed by atoms with van der Waals surface area (Å²) >= 11 is 1.43. The second-order valence-electron chi connectivity index (χ2n) is 6.99. The number of hydrogen-bond acceptors (Lipinski definition) is 7. The molecule has 1 heterocycles. The van der Waals surface area contributed by atoms with Gasteiger partial charge in [-0.15, -0.1) is 16.9 Å². The first-order chi connectivity index (χ1) is 16.7. The second-order valence-corrected chi connectivity index (χ2v) is 8.01. The quantitative estimate of drug-likeness (QED) is 0.297. The third-order valence-corrected chi connectivity index (χ3v) is 5.81. The number of rotatable bonds is 8. The van der Waals surface area contributed by atoms with Crippen molar-refractivity contribution in [2.45, 2.75) is 17.6 Å². The highest BCUT2D eigenvalue weighted by molar-refractivity contribution is 7.98. The average Bonchev–Trinajstić information content (AvgIpc) is 3.36. The lowest BCUT2D eigenvalue weighted by atomic mass is 10.2. The van der Waals surface area contributed by atoms with E-state index in [4.69, 9.17) is 4.74 Å². The molecular formula is C24H22N6O3S. The fourth-order valence-corrected chi connectivity index (χ4v) is 4.07. The molecule has 4 aromatic rings. The monoisotopic (exact) mass is 474 g/mol. The van der Waals surface area contributed by atoms with Gasteiger partial charge in [-0.05, 0) is 65.9 Å². The number of carbonyl (C=O) groups is 2. The maximum absolute atomic E-state index is 12.8. The fourth-order valence-electron chi connectivity index (χ4n) is 3.11. The molecule has 172 valence electrons. The van der Waals surface area contributed by atoms with Crippen LogP contribution in [0.5, 0.6) is 5.75 Å². The number of aromatic nitrogens is 4. The molecule has 0 radical (unpaired) electrons. The van der Waals surface area contributed by atoms with Gasteiger partial charge in [0.05, 0.1) is 23.6 Å². The Hall–Kier alpha value is -4.18. The first-order valence-corrected chi connectivity index (χ1v) is 11.5. The highest BCUT2D eigenvalue weighted by Gasteiger charge is 2.15. The number of para-hydroxylation sites is 1. The molecular weight excluding hydrogens is 452 g/mol. The highest BCUT2D eigenvalue weighted by atomic mass is 32.2. The lowest BCUT2D eigenvalue weighted by molar-refractivity contribution is 0.0845. The van der Waals surface area contributed by atoms with Crippen molar-refractivity contribution in [1.29, 1.82) is 0 Å². The molecule has 0 aliphatic carbocycles. The van der Waals surface area contributed by atoms with Crippen molar-refractivity contribution >= 4 is 23.6 Å². The molecule has 0 saturated heterocycles. The number of tetrazole rings is 1. The van der Waals surface area contributed by atoms with Gasteiger partial charge >= 0.3 is 0 Å². The van der Waals surface area contributed by atoms with Gasteiger partial charge in [-0.2, -0.15) is 4.68 Å². The van der Waals surface area contributed by atoms with Crippen LogP contribution >= 0.6 is 11.8 Å². The van der Waals surface area contributed by atoms with Gasteiger partial charge in [0.25, 0.3) is 11.8 Å². The molecule has 0 spiro atoms. The standard InChI is InChI=1S/C24H22N6O3S/c1-2-33-19-14-12-17(13-15-19)23(31)26-27-24(32)20-10-6-7-11-21(20)34-16-22-25-28-29-30(22)18-8-4-3-5-9-18/h3-15H,2,16H2,1H3,(H,26,31)(H,27,32). The predicted octanol–water partition coefficient (Wildman–Crippen LogP) is 3.43. The lowest BCUT2D eigenvalue weighted by Gasteiger charge is -2.11. The van der Waals surface area contributed by atoms with Crippen LogP contribution in [0, 0.1) is 0 Å². The van der Waals surface area contributed by atoms with Gasteiger partial charge < -0.3 is 4.74 Å². The Morgan fingerprint density at radius 2 is 1.62 bits per heavy atom. The van der Waals surface area contributed by atoms with Crippen LogP contribution in [0.2, 0.25) is 0 Å². The number of benzene rings is 3. The molecule has 0 saturated carbocycles. The minimum absolute atomic E-state index is 0.402. The summed E-state index contributed by atoms with van der Waals surface area (Å²) in [5.41, 5.74) is 6.61. The molecule has 0 atom stereocenters. The Kier molecular flexibility index (Phi) is 7.51. The van der Waals surface area contributed by atoms with Gasteiger partial charge in [0.15, 0.2) is 5.82 Å². The number of hydrogen-bond donors (Lipinski definition) is 2. The van der Waals surface area contributed by atoms with Gasteiger partial charge in [0, 0.05) is 10.5 Å². The minimum Gasteiger partial charge on any atom is -0.494 e. The van der Waals surface area contributed by atoms with Crippen LogP contribution in [0.25, 0.3) is 5.69 Å². The second kappa shape index (κ2) is 11.1. The van der Waals surface area contributed by atoms with E-state index in [0.717, 1.165) is 10.6 Å². The van der Waals surface area contributed by atoms with Gasteiger partial charge in [0.1, 0.15) is 5.75 Å². The molecule has 2 N–H and O–H groups in total. The maximum Gasteiger partial charge on any atom is 0.270 e. The summed E-state index contributed by atoms with van der Waals surface area (Å²) in [6.45, 7) is 2.43. The van der Waals surface area contributed by atoms with Crippen LogP contribution in [0.1, 0.15) is 33.5 Å². The van der Waals surface area contributed by atoms with E-state index < -0.39 is 11.8 Å². The summed E-state index contributed by atoms with van der Waals surface area (Å²) < 4.78 is 7.03. The van der Waals surface area contributed by atoms with Crippen LogP contribution < -0.4 is 15.6 Å². The van der Waals surface area contributed by atoms with E-state index in [1.165, 1.54) is 11.8 Å². The third-order valence-electron chi connectivity index (χ3n) is 4.74. The first kappa shape index (κ1) is 23.0. The summed E-state index contributed by atoms with van der Waals surface area (Å²) in [4.78, 5) is 25.9. The van der Waals surface area contributed by atoms with E-state index in [2.05, 4.69) is 26.4 Å². The van der Waals surface area contributed by atoms with Crippen molar-refractivity contribution in [2.75, 3.05) is 6.61 Å². The zero-order valence-electron chi connectivity index (χ0n) is 18.3. The molecule has 0 aliphatic rings. The normalized spacial score (nSPS) is 10.5. The van der Waals surface area contributed by atoms with Crippen LogP contribution in [0.15, 0.2) is 83.8 Å². The van der Waals surface area contributed by atoms with Gasteiger partial charge in [-0.25, -0.2) is 0 Å². The van der Waals surface area contributed by atoms with Gasteiger partial charge in [0.2, 0.25) is 0 Å². The summed E-state index contributed by atoms with van der Waals surface area (Å²) in [7, 11) is 0. The first-order valence-electron chi connectivity index (χ1n) is 10.5. The third kappa shape index (κ3) is 5.59. The zero-order chi connectivity index (χ0) is 23.8. The van der Waals surface area contributed by atoms with E-state index >= 15 is 0 Å². The van der Waals surface area contributed by atoms with E-state index in [1.54, 1.807) is 41.1 Å². The van der Waals surface area contributed by atoms with Crippen LogP contribution in [-0.4, -0.2) is 38.6 Å². The number of nitrogens with one attached hydrogen (secondary N) is 2. The van der Waals surface area contributed by atoms with E-state index in [0.29, 0.717) is 35.1 Å². The molecule has 4 rings (SSSR count). The smallest absolute Gasteiger partial charge is 0.270 e. The van der Waals surface area contributed by atoms with Crippen molar-refractivity contribution in [3.8, 4) is 11.4 Å². The summed E-state index contributed by atoms with van der Waals surface area (Å²) in [5.74, 6) is 0.918. The summed E-state index contributed by atoms with van der Waals surface area (Å²) in [5, 5.41) is 11.9. The number of carbonyl (C=O) groups excluding carboxylic acids is 2. The van der Waals surface area contributed by atoms with Gasteiger partial charge in [-0.1, -0.05) is 30.3 Å². The Morgan fingerprint density at radius 1 is 0.912 bits per heavy atom. The molecule has 1 aromatic heterocycles. The zero-order valence-corrected chi connectivity index (χ0v) is 19.2. The van der Waals surface area contributed by atoms with E-state index in [1.807, 2.05) is 49.4 Å². The number of hydrazine groups is 1. The minimum atomic E-state index is -0.427. The number of ether oxygens (including phenoxy) is 1. The summed E-state index contributed by atoms with van der Waals surface area (Å²) in [6, 6.07) is 23.4. The number of amides is 2. The lowest BCUT2D eigenvalue weighted by Crippen LogP contribution is -2.41. The molecule has 10 heteroatoms. The summed E-state index contributed by atoms with van der Waals surface area (Å²) in [6.07, 6.45) is 0. The van der Waals surface area contributed by atoms with Crippen molar-refractivity contribution in [3.63, 3.8) is 0 Å². The van der Waals surface area contributed by atoms with Crippen LogP contribution in [0.4, 0.5) is 0 Å². The molecule has 0 unspecified atom stereocenters. The SMILES string of the molecule is CCOc1ccc(C(=O)NNC(=O)c2ccccc2SCc2nnnn2-c2ccccc2)cc1. The van der Waals surface area contributed by atoms with E-state index in [-0.39, 0.29) is 0 Å². The topological polar surface area (TPSA) is 111 Å².